The van der Waals surface area contributed by atoms with Crippen LogP contribution in [-0.2, 0) is 0 Å². The summed E-state index contributed by atoms with van der Waals surface area (Å²) in [6.45, 7) is 0. The summed E-state index contributed by atoms with van der Waals surface area (Å²) in [6.07, 6.45) is 0. The van der Waals surface area contributed by atoms with Gasteiger partial charge in [-0.3, -0.25) is 9.13 Å². The summed E-state index contributed by atoms with van der Waals surface area (Å²) in [5.74, 6) is 1.70. The van der Waals surface area contributed by atoms with Crippen LogP contribution in [0.25, 0.3) is 100.0 Å². The van der Waals surface area contributed by atoms with Crippen molar-refractivity contribution in [2.24, 2.45) is 0 Å². The molecule has 0 spiro atoms. The Balaban J connectivity index is 1.22. The summed E-state index contributed by atoms with van der Waals surface area (Å²) in [7, 11) is 0. The Bertz CT molecular complexity index is 2930. The molecule has 11 aromatic rings. The van der Waals surface area contributed by atoms with Gasteiger partial charge in [0.05, 0.1) is 22.1 Å². The molecule has 0 radical (unpaired) electrons. The molecule has 0 N–H and O–H groups in total. The van der Waals surface area contributed by atoms with E-state index in [4.69, 9.17) is 19.4 Å². The fourth-order valence-electron chi connectivity index (χ4n) is 7.77. The van der Waals surface area contributed by atoms with Crippen LogP contribution in [0.3, 0.4) is 0 Å². The van der Waals surface area contributed by atoms with Crippen molar-refractivity contribution in [1.82, 2.24) is 24.1 Å². The third-order valence-electron chi connectivity index (χ3n) is 10.0. The zero-order valence-electron chi connectivity index (χ0n) is 27.2. The van der Waals surface area contributed by atoms with E-state index < -0.39 is 0 Å². The largest absolute Gasteiger partial charge is 0.456 e. The molecular weight excluding hydrogens is 627 g/mol. The molecule has 0 aliphatic rings. The smallest absolute Gasteiger partial charge is 0.240 e. The van der Waals surface area contributed by atoms with Crippen molar-refractivity contribution in [3.63, 3.8) is 0 Å². The molecular formula is C45H27N5O. The number of para-hydroxylation sites is 5. The first kappa shape index (κ1) is 27.9. The van der Waals surface area contributed by atoms with Gasteiger partial charge in [-0.05, 0) is 53.6 Å². The molecule has 0 saturated carbocycles. The van der Waals surface area contributed by atoms with Crippen molar-refractivity contribution in [1.29, 1.82) is 0 Å². The van der Waals surface area contributed by atoms with Crippen LogP contribution in [-0.4, -0.2) is 24.1 Å². The molecule has 0 bridgehead atoms. The maximum atomic E-state index is 6.17. The van der Waals surface area contributed by atoms with Gasteiger partial charge in [0, 0.05) is 37.9 Å². The first-order valence-corrected chi connectivity index (χ1v) is 17.0. The van der Waals surface area contributed by atoms with E-state index in [2.05, 4.69) is 161 Å². The van der Waals surface area contributed by atoms with Gasteiger partial charge in [-0.2, -0.15) is 15.0 Å². The van der Waals surface area contributed by atoms with Gasteiger partial charge >= 0.3 is 0 Å². The van der Waals surface area contributed by atoms with Crippen molar-refractivity contribution in [3.05, 3.63) is 164 Å². The van der Waals surface area contributed by atoms with Crippen molar-refractivity contribution in [2.45, 2.75) is 0 Å². The van der Waals surface area contributed by atoms with Crippen LogP contribution < -0.4 is 0 Å². The third-order valence-corrected chi connectivity index (χ3v) is 10.0. The van der Waals surface area contributed by atoms with Crippen molar-refractivity contribution >= 4 is 65.6 Å². The molecule has 0 unspecified atom stereocenters. The maximum Gasteiger partial charge on any atom is 0.240 e. The van der Waals surface area contributed by atoms with Crippen LogP contribution >= 0.6 is 0 Å². The highest BCUT2D eigenvalue weighted by molar-refractivity contribution is 6.10. The lowest BCUT2D eigenvalue weighted by Gasteiger charge is -2.14. The van der Waals surface area contributed by atoms with E-state index >= 15 is 0 Å². The minimum Gasteiger partial charge on any atom is -0.456 e. The molecule has 0 atom stereocenters. The predicted octanol–water partition coefficient (Wildman–Crippen LogP) is 11.3. The van der Waals surface area contributed by atoms with Gasteiger partial charge in [0.2, 0.25) is 11.9 Å². The van der Waals surface area contributed by atoms with E-state index in [1.165, 1.54) is 0 Å². The summed E-state index contributed by atoms with van der Waals surface area (Å²) in [5.41, 5.74) is 8.88. The van der Waals surface area contributed by atoms with E-state index in [9.17, 15) is 0 Å². The molecule has 6 nitrogen and oxygen atoms in total. The molecule has 0 fully saturated rings. The van der Waals surface area contributed by atoms with E-state index in [0.717, 1.165) is 82.2 Å². The molecule has 0 aliphatic heterocycles. The number of hydrogen-bond donors (Lipinski definition) is 0. The molecule has 7 aromatic carbocycles. The van der Waals surface area contributed by atoms with Gasteiger partial charge in [-0.1, -0.05) is 121 Å². The van der Waals surface area contributed by atoms with E-state index in [-0.39, 0.29) is 0 Å². The average Bonchev–Trinajstić information content (AvgIpc) is 3.85. The topological polar surface area (TPSA) is 61.7 Å². The number of hydrogen-bond acceptors (Lipinski definition) is 4. The molecule has 11 rings (SSSR count). The number of rotatable bonds is 4. The van der Waals surface area contributed by atoms with Gasteiger partial charge in [-0.15, -0.1) is 0 Å². The molecule has 51 heavy (non-hydrogen) atoms. The minimum atomic E-state index is 0.556. The second-order valence-electron chi connectivity index (χ2n) is 12.9. The van der Waals surface area contributed by atoms with Crippen LogP contribution in [0.1, 0.15) is 0 Å². The van der Waals surface area contributed by atoms with E-state index in [1.807, 2.05) is 12.1 Å². The second kappa shape index (κ2) is 10.7. The minimum absolute atomic E-state index is 0.556. The van der Waals surface area contributed by atoms with Crippen molar-refractivity contribution in [2.75, 3.05) is 0 Å². The van der Waals surface area contributed by atoms with E-state index in [1.54, 1.807) is 0 Å². The highest BCUT2D eigenvalue weighted by atomic mass is 16.3. The van der Waals surface area contributed by atoms with Crippen LogP contribution in [0, 0.1) is 0 Å². The third kappa shape index (κ3) is 4.14. The monoisotopic (exact) mass is 653 g/mol. The standard InChI is InChI=1S/C45H27N5O/c1-2-19-35(29(13-1)28-25-26-42-36(27-28)34-18-7-12-24-41(34)51-42)43-46-44(49-37-20-8-3-14-30(37)31-15-4-9-21-38(31)49)48-45(47-43)50-39-22-10-5-16-32(39)33-17-6-11-23-40(33)50/h1-27H. The Labute approximate surface area is 291 Å². The SMILES string of the molecule is c1ccc(-c2nc(-n3c4ccccc4c4ccccc43)nc(-n3c4ccccc4c4ccccc43)n2)c(-c2ccc3oc4ccccc4c3c2)c1. The highest BCUT2D eigenvalue weighted by Gasteiger charge is 2.21. The van der Waals surface area contributed by atoms with Gasteiger partial charge in [0.15, 0.2) is 5.82 Å². The quantitative estimate of drug-likeness (QED) is 0.190. The number of furan rings is 1. The molecule has 4 aromatic heterocycles. The molecule has 4 heterocycles. The highest BCUT2D eigenvalue weighted by Crippen LogP contribution is 2.38. The fourth-order valence-corrected chi connectivity index (χ4v) is 7.77. The molecule has 0 saturated heterocycles. The molecule has 0 aliphatic carbocycles. The van der Waals surface area contributed by atoms with E-state index in [0.29, 0.717) is 17.7 Å². The Hall–Kier alpha value is -7.05. The van der Waals surface area contributed by atoms with Crippen molar-refractivity contribution in [3.8, 4) is 34.4 Å². The fraction of sp³-hybridized carbons (Fsp3) is 0. The second-order valence-corrected chi connectivity index (χ2v) is 12.9. The Morgan fingerprint density at radius 3 is 1.33 bits per heavy atom. The molecule has 0 amide bonds. The zero-order chi connectivity index (χ0) is 33.5. The summed E-state index contributed by atoms with van der Waals surface area (Å²) < 4.78 is 10.5. The summed E-state index contributed by atoms with van der Waals surface area (Å²) in [6, 6.07) is 56.7. The van der Waals surface area contributed by atoms with Crippen molar-refractivity contribution < 1.29 is 4.42 Å². The number of benzene rings is 7. The summed E-state index contributed by atoms with van der Waals surface area (Å²) in [5, 5.41) is 6.76. The van der Waals surface area contributed by atoms with Gasteiger partial charge in [0.25, 0.3) is 0 Å². The van der Waals surface area contributed by atoms with Crippen LogP contribution in [0.15, 0.2) is 168 Å². The first-order valence-electron chi connectivity index (χ1n) is 17.0. The van der Waals surface area contributed by atoms with Gasteiger partial charge < -0.3 is 4.42 Å². The number of nitrogens with zero attached hydrogens (tertiary/aromatic N) is 5. The predicted molar refractivity (Wildman–Crippen MR) is 207 cm³/mol. The normalized spacial score (nSPS) is 11.9. The van der Waals surface area contributed by atoms with Crippen LogP contribution in [0.5, 0.6) is 0 Å². The molecule has 6 heteroatoms. The lowest BCUT2D eigenvalue weighted by molar-refractivity contribution is 0.669. The number of aromatic nitrogens is 5. The first-order chi connectivity index (χ1) is 25.3. The summed E-state index contributed by atoms with van der Waals surface area (Å²) in [4.78, 5) is 15.9. The van der Waals surface area contributed by atoms with Gasteiger partial charge in [0.1, 0.15) is 11.2 Å². The van der Waals surface area contributed by atoms with Crippen LogP contribution in [0.2, 0.25) is 0 Å². The average molecular weight is 654 g/mol. The number of fused-ring (bicyclic) bond motifs is 9. The Morgan fingerprint density at radius 2 is 0.784 bits per heavy atom. The Kier molecular flexibility index (Phi) is 5.86. The van der Waals surface area contributed by atoms with Gasteiger partial charge in [-0.25, -0.2) is 0 Å². The summed E-state index contributed by atoms with van der Waals surface area (Å²) >= 11 is 0. The molecule has 238 valence electrons. The zero-order valence-corrected chi connectivity index (χ0v) is 27.2. The Morgan fingerprint density at radius 1 is 0.353 bits per heavy atom. The lowest BCUT2D eigenvalue weighted by atomic mass is 9.97. The lowest BCUT2D eigenvalue weighted by Crippen LogP contribution is -2.10. The van der Waals surface area contributed by atoms with Crippen LogP contribution in [0.4, 0.5) is 0 Å². The maximum absolute atomic E-state index is 6.17.